The van der Waals surface area contributed by atoms with E-state index in [2.05, 4.69) is 27.6 Å². The van der Waals surface area contributed by atoms with Gasteiger partial charge in [-0.15, -0.1) is 0 Å². The highest BCUT2D eigenvalue weighted by atomic mass is 127. The molecule has 0 aliphatic rings. The molecule has 0 heterocycles. The number of nitrogens with zero attached hydrogens (tertiary/aromatic N) is 1. The highest BCUT2D eigenvalue weighted by Gasteiger charge is 1.76. The molecule has 0 atom stereocenters. The van der Waals surface area contributed by atoms with Crippen LogP contribution in [0, 0.1) is 0 Å². The largest absolute Gasteiger partial charge is 0.388 e. The fourth-order valence-corrected chi connectivity index (χ4v) is 0.339. The first-order chi connectivity index (χ1) is 3.63. The SMILES string of the molecule is CC(I)=N/C=C(\N)Cl. The summed E-state index contributed by atoms with van der Waals surface area (Å²) < 4.78 is 0.909. The maximum atomic E-state index is 5.25. The van der Waals surface area contributed by atoms with Crippen molar-refractivity contribution < 1.29 is 0 Å². The molecule has 2 nitrogen and oxygen atoms in total. The van der Waals surface area contributed by atoms with Crippen molar-refractivity contribution in [1.82, 2.24) is 0 Å². The van der Waals surface area contributed by atoms with E-state index in [4.69, 9.17) is 17.3 Å². The Morgan fingerprint density at radius 2 is 2.38 bits per heavy atom. The lowest BCUT2D eigenvalue weighted by Crippen LogP contribution is -1.85. The minimum Gasteiger partial charge on any atom is -0.388 e. The van der Waals surface area contributed by atoms with Crippen LogP contribution in [0.5, 0.6) is 0 Å². The molecule has 0 bridgehead atoms. The summed E-state index contributed by atoms with van der Waals surface area (Å²) in [6.45, 7) is 1.86. The van der Waals surface area contributed by atoms with E-state index < -0.39 is 0 Å². The van der Waals surface area contributed by atoms with Crippen LogP contribution in [0.3, 0.4) is 0 Å². The zero-order valence-electron chi connectivity index (χ0n) is 4.36. The molecule has 0 radical (unpaired) electrons. The van der Waals surface area contributed by atoms with Crippen LogP contribution < -0.4 is 5.73 Å². The van der Waals surface area contributed by atoms with E-state index in [1.54, 1.807) is 0 Å². The quantitative estimate of drug-likeness (QED) is 0.427. The first kappa shape index (κ1) is 8.23. The zero-order valence-corrected chi connectivity index (χ0v) is 7.27. The lowest BCUT2D eigenvalue weighted by atomic mass is 10.8. The van der Waals surface area contributed by atoms with Gasteiger partial charge in [-0.25, -0.2) is 0 Å². The van der Waals surface area contributed by atoms with Crippen molar-refractivity contribution in [2.24, 2.45) is 10.7 Å². The first-order valence-corrected chi connectivity index (χ1v) is 3.39. The van der Waals surface area contributed by atoms with E-state index in [0.717, 1.165) is 3.72 Å². The second kappa shape index (κ2) is 4.14. The molecule has 0 amide bonds. The van der Waals surface area contributed by atoms with Gasteiger partial charge in [-0.3, -0.25) is 4.99 Å². The van der Waals surface area contributed by atoms with Gasteiger partial charge < -0.3 is 5.73 Å². The average molecular weight is 244 g/mol. The van der Waals surface area contributed by atoms with E-state index in [1.165, 1.54) is 6.20 Å². The van der Waals surface area contributed by atoms with Crippen LogP contribution in [0.4, 0.5) is 0 Å². The van der Waals surface area contributed by atoms with Crippen molar-refractivity contribution >= 4 is 37.9 Å². The minimum atomic E-state index is 0.209. The van der Waals surface area contributed by atoms with Gasteiger partial charge in [-0.05, 0) is 29.5 Å². The van der Waals surface area contributed by atoms with Crippen molar-refractivity contribution in [3.8, 4) is 0 Å². The number of hydrogen-bond donors (Lipinski definition) is 1. The molecule has 46 valence electrons. The molecule has 0 aromatic heterocycles. The Labute approximate surface area is 66.9 Å². The molecule has 0 spiro atoms. The number of nitrogens with two attached hydrogens (primary N) is 1. The van der Waals surface area contributed by atoms with Crippen molar-refractivity contribution in [1.29, 1.82) is 0 Å². The lowest BCUT2D eigenvalue weighted by molar-refractivity contribution is 1.44. The molecule has 0 unspecified atom stereocenters. The zero-order chi connectivity index (χ0) is 6.57. The standard InChI is InChI=1S/C4H6ClIN2/c1-3(6)8-2-4(5)7/h2H,7H2,1H3/b4-2-,8-3?. The number of hydrogen-bond acceptors (Lipinski definition) is 2. The summed E-state index contributed by atoms with van der Waals surface area (Å²) in [4.78, 5) is 3.81. The second-order valence-electron chi connectivity index (χ2n) is 1.14. The average Bonchev–Trinajstić information content (AvgIpc) is 1.61. The van der Waals surface area contributed by atoms with E-state index in [0.29, 0.717) is 0 Å². The predicted molar refractivity (Wildman–Crippen MR) is 45.3 cm³/mol. The summed E-state index contributed by atoms with van der Waals surface area (Å²) in [6, 6.07) is 0. The lowest BCUT2D eigenvalue weighted by Gasteiger charge is -1.81. The van der Waals surface area contributed by atoms with Crippen LogP contribution in [0.2, 0.25) is 0 Å². The molecule has 2 N–H and O–H groups in total. The summed E-state index contributed by atoms with van der Waals surface area (Å²) in [6.07, 6.45) is 1.41. The first-order valence-electron chi connectivity index (χ1n) is 1.94. The molecule has 0 aromatic rings. The van der Waals surface area contributed by atoms with Gasteiger partial charge in [0.05, 0.1) is 9.92 Å². The molecule has 0 aromatic carbocycles. The maximum absolute atomic E-state index is 5.25. The van der Waals surface area contributed by atoms with E-state index >= 15 is 0 Å². The molecule has 0 saturated heterocycles. The third-order valence-electron chi connectivity index (χ3n) is 0.366. The molecule has 0 fully saturated rings. The monoisotopic (exact) mass is 244 g/mol. The number of aliphatic imine (C=N–C) groups is 1. The Bertz CT molecular complexity index is 106. The van der Waals surface area contributed by atoms with Gasteiger partial charge in [-0.2, -0.15) is 0 Å². The van der Waals surface area contributed by atoms with E-state index in [1.807, 2.05) is 6.92 Å². The minimum absolute atomic E-state index is 0.209. The molecule has 4 heteroatoms. The van der Waals surface area contributed by atoms with Crippen molar-refractivity contribution in [2.45, 2.75) is 6.92 Å². The number of halogens is 2. The Kier molecular flexibility index (Phi) is 4.26. The third-order valence-corrected chi connectivity index (χ3v) is 0.742. The summed E-state index contributed by atoms with van der Waals surface area (Å²) >= 11 is 7.32. The van der Waals surface area contributed by atoms with Crippen LogP contribution in [0.15, 0.2) is 16.3 Å². The Balaban J connectivity index is 3.76. The van der Waals surface area contributed by atoms with Crippen molar-refractivity contribution in [3.05, 3.63) is 11.4 Å². The van der Waals surface area contributed by atoms with Gasteiger partial charge in [0, 0.05) is 0 Å². The third kappa shape index (κ3) is 6.23. The van der Waals surface area contributed by atoms with E-state index in [9.17, 15) is 0 Å². The second-order valence-corrected chi connectivity index (χ2v) is 3.14. The molecular formula is C4H6ClIN2. The number of rotatable bonds is 1. The van der Waals surface area contributed by atoms with Crippen molar-refractivity contribution in [3.63, 3.8) is 0 Å². The predicted octanol–water partition coefficient (Wildman–Crippen LogP) is 1.84. The summed E-state index contributed by atoms with van der Waals surface area (Å²) in [5.74, 6) is 0. The summed E-state index contributed by atoms with van der Waals surface area (Å²) in [5.41, 5.74) is 5.06. The smallest absolute Gasteiger partial charge is 0.118 e. The molecule has 0 aliphatic carbocycles. The van der Waals surface area contributed by atoms with Gasteiger partial charge >= 0.3 is 0 Å². The summed E-state index contributed by atoms with van der Waals surface area (Å²) in [7, 11) is 0. The molecular weight excluding hydrogens is 238 g/mol. The fraction of sp³-hybridized carbons (Fsp3) is 0.250. The topological polar surface area (TPSA) is 38.4 Å². The highest BCUT2D eigenvalue weighted by molar-refractivity contribution is 14.1. The highest BCUT2D eigenvalue weighted by Crippen LogP contribution is 1.93. The van der Waals surface area contributed by atoms with Gasteiger partial charge in [0.25, 0.3) is 0 Å². The normalized spacial score (nSPS) is 14.4. The van der Waals surface area contributed by atoms with Crippen LogP contribution >= 0.6 is 34.2 Å². The molecule has 0 saturated carbocycles. The van der Waals surface area contributed by atoms with Gasteiger partial charge in [0.1, 0.15) is 5.16 Å². The Hall–Kier alpha value is 0.230. The fourth-order valence-electron chi connectivity index (χ4n) is 0.151. The van der Waals surface area contributed by atoms with Gasteiger partial charge in [-0.1, -0.05) is 11.6 Å². The van der Waals surface area contributed by atoms with E-state index in [-0.39, 0.29) is 5.16 Å². The summed E-state index contributed by atoms with van der Waals surface area (Å²) in [5, 5.41) is 0.209. The van der Waals surface area contributed by atoms with Crippen LogP contribution in [-0.2, 0) is 0 Å². The van der Waals surface area contributed by atoms with Crippen LogP contribution in [0.1, 0.15) is 6.92 Å². The van der Waals surface area contributed by atoms with Gasteiger partial charge in [0.15, 0.2) is 0 Å². The Morgan fingerprint density at radius 1 is 1.88 bits per heavy atom. The van der Waals surface area contributed by atoms with Gasteiger partial charge in [0.2, 0.25) is 0 Å². The molecule has 0 aliphatic heterocycles. The van der Waals surface area contributed by atoms with Crippen LogP contribution in [-0.4, -0.2) is 3.72 Å². The maximum Gasteiger partial charge on any atom is 0.118 e. The van der Waals surface area contributed by atoms with Crippen LogP contribution in [0.25, 0.3) is 0 Å². The Morgan fingerprint density at radius 3 is 2.50 bits per heavy atom. The molecule has 8 heavy (non-hydrogen) atoms. The van der Waals surface area contributed by atoms with Crippen molar-refractivity contribution in [2.75, 3.05) is 0 Å². The molecule has 0 rings (SSSR count).